The van der Waals surface area contributed by atoms with Crippen LogP contribution in [0.2, 0.25) is 10.0 Å². The van der Waals surface area contributed by atoms with Crippen molar-refractivity contribution in [2.75, 3.05) is 5.32 Å². The van der Waals surface area contributed by atoms with Gasteiger partial charge in [-0.3, -0.25) is 4.79 Å². The number of rotatable bonds is 4. The molecule has 0 saturated carbocycles. The summed E-state index contributed by atoms with van der Waals surface area (Å²) in [6, 6.07) is 11.5. The Morgan fingerprint density at radius 2 is 1.97 bits per heavy atom. The van der Waals surface area contributed by atoms with Gasteiger partial charge in [0.25, 0.3) is 0 Å². The molecule has 1 atom stereocenters. The maximum Gasteiger partial charge on any atom is 0.227 e. The third kappa shape index (κ3) is 3.97. The number of Topliss-reactive ketones (excluding diaryl/α,β-unsaturated/α-hetero) is 1. The van der Waals surface area contributed by atoms with Crippen LogP contribution < -0.4 is 5.32 Å². The quantitative estimate of drug-likeness (QED) is 0.467. The molecule has 0 spiro atoms. The molecule has 1 aliphatic heterocycles. The number of anilines is 1. The highest BCUT2D eigenvalue weighted by molar-refractivity contribution is 7.98. The van der Waals surface area contributed by atoms with E-state index in [1.165, 1.54) is 23.9 Å². The fraction of sp³-hybridized carbons (Fsp3) is 0.227. The first-order valence-electron chi connectivity index (χ1n) is 9.81. The van der Waals surface area contributed by atoms with Crippen LogP contribution in [0.3, 0.4) is 0 Å². The normalized spacial score (nSPS) is 17.9. The number of fused-ring (bicyclic) bond motifs is 1. The fourth-order valence-electron chi connectivity index (χ4n) is 3.93. The molecule has 3 aromatic rings. The first-order chi connectivity index (χ1) is 15.0. The molecule has 5 nitrogen and oxygen atoms in total. The lowest BCUT2D eigenvalue weighted by molar-refractivity contribution is -0.116. The first kappa shape index (κ1) is 20.5. The van der Waals surface area contributed by atoms with Gasteiger partial charge in [0.2, 0.25) is 11.1 Å². The molecule has 0 amide bonds. The molecule has 2 heterocycles. The Labute approximate surface area is 192 Å². The van der Waals surface area contributed by atoms with Crippen LogP contribution in [0.15, 0.2) is 58.9 Å². The second kappa shape index (κ2) is 8.30. The number of nitrogens with zero attached hydrogens (tertiary/aromatic N) is 3. The summed E-state index contributed by atoms with van der Waals surface area (Å²) in [5, 5.41) is 9.55. The Hall–Kier alpha value is -2.35. The molecule has 31 heavy (non-hydrogen) atoms. The summed E-state index contributed by atoms with van der Waals surface area (Å²) in [6.45, 7) is 0. The fourth-order valence-corrected chi connectivity index (χ4v) is 5.20. The minimum atomic E-state index is -0.370. The second-order valence-corrected chi connectivity index (χ2v) is 9.22. The van der Waals surface area contributed by atoms with E-state index < -0.39 is 0 Å². The van der Waals surface area contributed by atoms with Crippen LogP contribution in [0.1, 0.15) is 36.4 Å². The smallest absolute Gasteiger partial charge is 0.227 e. The number of halogens is 3. The summed E-state index contributed by atoms with van der Waals surface area (Å²) in [6.07, 6.45) is 2.14. The number of aromatic nitrogens is 3. The van der Waals surface area contributed by atoms with Gasteiger partial charge in [0, 0.05) is 33.5 Å². The molecule has 0 radical (unpaired) electrons. The van der Waals surface area contributed by atoms with E-state index in [1.54, 1.807) is 10.7 Å². The molecule has 5 rings (SSSR count). The van der Waals surface area contributed by atoms with Gasteiger partial charge in [-0.15, -0.1) is 5.10 Å². The van der Waals surface area contributed by atoms with E-state index in [9.17, 15) is 9.18 Å². The third-order valence-corrected chi connectivity index (χ3v) is 6.90. The zero-order valence-corrected chi connectivity index (χ0v) is 18.6. The lowest BCUT2D eigenvalue weighted by atomic mass is 9.85. The van der Waals surface area contributed by atoms with Crippen LogP contribution in [0.25, 0.3) is 0 Å². The number of allylic oxidation sites excluding steroid dienone is 2. The maximum atomic E-state index is 13.3. The minimum Gasteiger partial charge on any atom is -0.328 e. The van der Waals surface area contributed by atoms with Gasteiger partial charge in [-0.25, -0.2) is 9.07 Å². The lowest BCUT2D eigenvalue weighted by Gasteiger charge is -2.32. The number of carbonyl (C=O) groups excluding carboxylic acids is 1. The van der Waals surface area contributed by atoms with Crippen LogP contribution in [0.5, 0.6) is 0 Å². The summed E-state index contributed by atoms with van der Waals surface area (Å²) >= 11 is 13.6. The molecule has 9 heteroatoms. The highest BCUT2D eigenvalue weighted by Crippen LogP contribution is 2.41. The molecule has 2 aliphatic rings. The number of nitrogens with one attached hydrogen (secondary N) is 1. The summed E-state index contributed by atoms with van der Waals surface area (Å²) in [5.74, 6) is 0.856. The summed E-state index contributed by atoms with van der Waals surface area (Å²) in [4.78, 5) is 17.5. The van der Waals surface area contributed by atoms with Crippen molar-refractivity contribution in [1.82, 2.24) is 14.8 Å². The predicted molar refractivity (Wildman–Crippen MR) is 120 cm³/mol. The van der Waals surface area contributed by atoms with Crippen LogP contribution >= 0.6 is 35.0 Å². The van der Waals surface area contributed by atoms with E-state index in [0.29, 0.717) is 33.3 Å². The first-order valence-corrected chi connectivity index (χ1v) is 11.6. The topological polar surface area (TPSA) is 59.8 Å². The molecule has 1 aromatic heterocycles. The zero-order valence-electron chi connectivity index (χ0n) is 16.2. The number of ketones is 1. The molecule has 0 bridgehead atoms. The molecular formula is C22H17Cl2FN4OS. The van der Waals surface area contributed by atoms with Gasteiger partial charge in [-0.05, 0) is 48.2 Å². The molecule has 1 N–H and O–H groups in total. The van der Waals surface area contributed by atoms with Gasteiger partial charge in [-0.2, -0.15) is 4.98 Å². The van der Waals surface area contributed by atoms with Crippen molar-refractivity contribution in [2.45, 2.75) is 36.2 Å². The summed E-state index contributed by atoms with van der Waals surface area (Å²) in [5.41, 5.74) is 3.38. The van der Waals surface area contributed by atoms with E-state index in [2.05, 4.69) is 15.4 Å². The average Bonchev–Trinajstić information content (AvgIpc) is 3.15. The van der Waals surface area contributed by atoms with Crippen molar-refractivity contribution in [1.29, 1.82) is 0 Å². The van der Waals surface area contributed by atoms with Crippen molar-refractivity contribution in [2.24, 2.45) is 0 Å². The molecule has 0 saturated heterocycles. The number of thioether (sulfide) groups is 1. The highest BCUT2D eigenvalue weighted by Gasteiger charge is 2.36. The molecule has 1 aliphatic carbocycles. The van der Waals surface area contributed by atoms with Crippen LogP contribution in [0, 0.1) is 5.82 Å². The SMILES string of the molecule is O=C1CCCC2=C1C(c1ccc(Cl)cc1)n1nc(SCc3ccc(F)cc3Cl)nc1N2. The number of hydrogen-bond acceptors (Lipinski definition) is 5. The van der Waals surface area contributed by atoms with E-state index in [4.69, 9.17) is 23.2 Å². The summed E-state index contributed by atoms with van der Waals surface area (Å²) < 4.78 is 15.1. The Kier molecular flexibility index (Phi) is 5.50. The number of carbonyl (C=O) groups is 1. The second-order valence-electron chi connectivity index (χ2n) is 7.44. The van der Waals surface area contributed by atoms with Crippen molar-refractivity contribution in [3.63, 3.8) is 0 Å². The predicted octanol–water partition coefficient (Wildman–Crippen LogP) is 6.04. The molecule has 158 valence electrons. The van der Waals surface area contributed by atoms with Gasteiger partial charge in [-0.1, -0.05) is 53.2 Å². The Morgan fingerprint density at radius 1 is 1.16 bits per heavy atom. The van der Waals surface area contributed by atoms with Gasteiger partial charge in [0.05, 0.1) is 0 Å². The molecule has 0 fully saturated rings. The maximum absolute atomic E-state index is 13.3. The molecule has 1 unspecified atom stereocenters. The Morgan fingerprint density at radius 3 is 2.74 bits per heavy atom. The minimum absolute atomic E-state index is 0.127. The van der Waals surface area contributed by atoms with Crippen LogP contribution in [-0.4, -0.2) is 20.5 Å². The Bertz CT molecular complexity index is 1210. The number of hydrogen-bond donors (Lipinski definition) is 1. The zero-order chi connectivity index (χ0) is 21.5. The lowest BCUT2D eigenvalue weighted by Crippen LogP contribution is -2.31. The molecule has 2 aromatic carbocycles. The van der Waals surface area contributed by atoms with Crippen molar-refractivity contribution in [3.8, 4) is 0 Å². The number of benzene rings is 2. The van der Waals surface area contributed by atoms with Crippen LogP contribution in [-0.2, 0) is 10.5 Å². The monoisotopic (exact) mass is 474 g/mol. The van der Waals surface area contributed by atoms with E-state index >= 15 is 0 Å². The van der Waals surface area contributed by atoms with Gasteiger partial charge in [0.1, 0.15) is 11.9 Å². The van der Waals surface area contributed by atoms with Gasteiger partial charge >= 0.3 is 0 Å². The summed E-state index contributed by atoms with van der Waals surface area (Å²) in [7, 11) is 0. The Balaban J connectivity index is 1.49. The van der Waals surface area contributed by atoms with Crippen molar-refractivity contribution in [3.05, 3.63) is 80.7 Å². The third-order valence-electron chi connectivity index (χ3n) is 5.41. The largest absolute Gasteiger partial charge is 0.328 e. The van der Waals surface area contributed by atoms with E-state index in [1.807, 2.05) is 24.3 Å². The van der Waals surface area contributed by atoms with Crippen LogP contribution in [0.4, 0.5) is 10.3 Å². The molecular weight excluding hydrogens is 458 g/mol. The van der Waals surface area contributed by atoms with E-state index in [0.717, 1.165) is 35.2 Å². The van der Waals surface area contributed by atoms with E-state index in [-0.39, 0.29) is 17.6 Å². The van der Waals surface area contributed by atoms with Crippen molar-refractivity contribution >= 4 is 46.7 Å². The standard InChI is InChI=1S/C22H17Cl2FN4OS/c23-14-7-4-12(5-8-14)20-19-17(2-1-3-18(19)30)26-21-27-22(28-29(20)21)31-11-13-6-9-15(25)10-16(13)24/h4-10,20H,1-3,11H2,(H,26,27,28). The average molecular weight is 475 g/mol. The highest BCUT2D eigenvalue weighted by atomic mass is 35.5. The van der Waals surface area contributed by atoms with Gasteiger partial charge < -0.3 is 5.32 Å². The van der Waals surface area contributed by atoms with Gasteiger partial charge in [0.15, 0.2) is 5.78 Å². The van der Waals surface area contributed by atoms with Crippen molar-refractivity contribution < 1.29 is 9.18 Å².